The van der Waals surface area contributed by atoms with Crippen LogP contribution in [0.25, 0.3) is 0 Å². The molecule has 5 nitrogen and oxygen atoms in total. The lowest BCUT2D eigenvalue weighted by molar-refractivity contribution is -0.118. The number of ether oxygens (including phenoxy) is 3. The third kappa shape index (κ3) is 5.02. The van der Waals surface area contributed by atoms with Crippen LogP contribution in [0.2, 0.25) is 0 Å². The number of rotatable bonds is 8. The van der Waals surface area contributed by atoms with Crippen LogP contribution in [0.1, 0.15) is 13.8 Å². The Morgan fingerprint density at radius 3 is 2.07 bits per heavy atom. The minimum atomic E-state index is -1.72. The van der Waals surface area contributed by atoms with Crippen LogP contribution in [-0.2, 0) is 4.79 Å². The number of carbonyl (C=O) groups excluding carboxylic acids is 1. The maximum Gasteiger partial charge on any atom is 0.262 e. The number of carbonyl (C=O) groups is 1. The lowest BCUT2D eigenvalue weighted by atomic mass is 10.2. The largest absolute Gasteiger partial charge is 0.490 e. The molecule has 0 fully saturated rings. The van der Waals surface area contributed by atoms with Gasteiger partial charge in [0.15, 0.2) is 35.5 Å². The van der Waals surface area contributed by atoms with Gasteiger partial charge in [0.2, 0.25) is 11.6 Å². The van der Waals surface area contributed by atoms with Gasteiger partial charge in [0, 0.05) is 17.8 Å². The Morgan fingerprint density at radius 1 is 0.889 bits per heavy atom. The maximum atomic E-state index is 13.5. The molecule has 27 heavy (non-hydrogen) atoms. The molecule has 2 rings (SSSR count). The van der Waals surface area contributed by atoms with Crippen molar-refractivity contribution in [2.75, 3.05) is 25.1 Å². The number of halogens is 4. The van der Waals surface area contributed by atoms with Crippen molar-refractivity contribution in [3.8, 4) is 17.2 Å². The highest BCUT2D eigenvalue weighted by Gasteiger charge is 2.21. The van der Waals surface area contributed by atoms with Crippen LogP contribution in [0.3, 0.4) is 0 Å². The van der Waals surface area contributed by atoms with E-state index in [0.717, 1.165) is 0 Å². The summed E-state index contributed by atoms with van der Waals surface area (Å²) in [6, 6.07) is 4.64. The van der Waals surface area contributed by atoms with Crippen molar-refractivity contribution in [1.82, 2.24) is 0 Å². The van der Waals surface area contributed by atoms with Crippen molar-refractivity contribution in [3.05, 3.63) is 47.5 Å². The summed E-state index contributed by atoms with van der Waals surface area (Å²) in [4.78, 5) is 11.9. The Labute approximate surface area is 152 Å². The minimum absolute atomic E-state index is 0.0484. The van der Waals surface area contributed by atoms with Crippen molar-refractivity contribution in [3.63, 3.8) is 0 Å². The molecule has 0 atom stereocenters. The lowest BCUT2D eigenvalue weighted by Crippen LogP contribution is -2.21. The first-order valence-corrected chi connectivity index (χ1v) is 8.02. The second kappa shape index (κ2) is 9.11. The van der Waals surface area contributed by atoms with Crippen LogP contribution in [0, 0.1) is 23.3 Å². The first kappa shape index (κ1) is 20.3. The Kier molecular flexibility index (Phi) is 6.86. The van der Waals surface area contributed by atoms with Gasteiger partial charge in [-0.05, 0) is 26.0 Å². The monoisotopic (exact) mass is 387 g/mol. The van der Waals surface area contributed by atoms with Gasteiger partial charge in [0.05, 0.1) is 13.2 Å². The van der Waals surface area contributed by atoms with Crippen molar-refractivity contribution in [2.45, 2.75) is 13.8 Å². The van der Waals surface area contributed by atoms with Crippen LogP contribution in [0.15, 0.2) is 24.3 Å². The van der Waals surface area contributed by atoms with Crippen LogP contribution in [-0.4, -0.2) is 25.7 Å². The molecule has 2 aromatic carbocycles. The number of hydrogen-bond acceptors (Lipinski definition) is 4. The van der Waals surface area contributed by atoms with E-state index in [-0.39, 0.29) is 6.07 Å². The molecule has 1 N–H and O–H groups in total. The summed E-state index contributed by atoms with van der Waals surface area (Å²) in [7, 11) is 0. The fourth-order valence-electron chi connectivity index (χ4n) is 2.14. The van der Waals surface area contributed by atoms with Gasteiger partial charge in [-0.2, -0.15) is 8.78 Å². The molecule has 0 saturated carbocycles. The molecule has 0 bridgehead atoms. The van der Waals surface area contributed by atoms with Gasteiger partial charge < -0.3 is 19.5 Å². The third-order valence-electron chi connectivity index (χ3n) is 3.25. The van der Waals surface area contributed by atoms with Gasteiger partial charge in [-0.3, -0.25) is 4.79 Å². The van der Waals surface area contributed by atoms with E-state index in [2.05, 4.69) is 10.1 Å². The van der Waals surface area contributed by atoms with Crippen molar-refractivity contribution in [1.29, 1.82) is 0 Å². The number of benzene rings is 2. The minimum Gasteiger partial charge on any atom is -0.490 e. The highest BCUT2D eigenvalue weighted by molar-refractivity contribution is 5.92. The summed E-state index contributed by atoms with van der Waals surface area (Å²) in [5.74, 6) is -7.93. The summed E-state index contributed by atoms with van der Waals surface area (Å²) in [5, 5.41) is 2.42. The summed E-state index contributed by atoms with van der Waals surface area (Å²) in [5.41, 5.74) is 0.307. The predicted molar refractivity (Wildman–Crippen MR) is 89.2 cm³/mol. The van der Waals surface area contributed by atoms with Crippen molar-refractivity contribution < 1.29 is 36.6 Å². The number of anilines is 1. The van der Waals surface area contributed by atoms with E-state index in [9.17, 15) is 22.4 Å². The van der Waals surface area contributed by atoms with Gasteiger partial charge in [-0.1, -0.05) is 0 Å². The van der Waals surface area contributed by atoms with Crippen LogP contribution < -0.4 is 19.5 Å². The first-order valence-electron chi connectivity index (χ1n) is 8.02. The topological polar surface area (TPSA) is 56.8 Å². The van der Waals surface area contributed by atoms with Crippen molar-refractivity contribution in [2.24, 2.45) is 0 Å². The smallest absolute Gasteiger partial charge is 0.262 e. The van der Waals surface area contributed by atoms with Gasteiger partial charge in [-0.15, -0.1) is 0 Å². The van der Waals surface area contributed by atoms with Gasteiger partial charge >= 0.3 is 0 Å². The molecule has 146 valence electrons. The summed E-state index contributed by atoms with van der Waals surface area (Å²) < 4.78 is 68.7. The van der Waals surface area contributed by atoms with E-state index in [1.54, 1.807) is 19.9 Å². The fourth-order valence-corrected chi connectivity index (χ4v) is 2.14. The van der Waals surface area contributed by atoms with E-state index in [0.29, 0.717) is 30.4 Å². The maximum absolute atomic E-state index is 13.5. The Morgan fingerprint density at radius 2 is 1.48 bits per heavy atom. The average Bonchev–Trinajstić information content (AvgIpc) is 2.62. The molecule has 1 amide bonds. The highest BCUT2D eigenvalue weighted by atomic mass is 19.2. The summed E-state index contributed by atoms with van der Waals surface area (Å²) in [6.07, 6.45) is 0. The van der Waals surface area contributed by atoms with Gasteiger partial charge in [0.1, 0.15) is 0 Å². The molecular formula is C18H17F4NO4. The van der Waals surface area contributed by atoms with Crippen LogP contribution >= 0.6 is 0 Å². The molecule has 0 aliphatic heterocycles. The van der Waals surface area contributed by atoms with Crippen LogP contribution in [0.4, 0.5) is 23.2 Å². The Balaban J connectivity index is 2.07. The summed E-state index contributed by atoms with van der Waals surface area (Å²) >= 11 is 0. The zero-order valence-electron chi connectivity index (χ0n) is 14.6. The fraction of sp³-hybridized carbons (Fsp3) is 0.278. The quantitative estimate of drug-likeness (QED) is 0.548. The molecule has 0 unspecified atom stereocenters. The van der Waals surface area contributed by atoms with Crippen molar-refractivity contribution >= 4 is 11.6 Å². The third-order valence-corrected chi connectivity index (χ3v) is 3.25. The molecular weight excluding hydrogens is 370 g/mol. The molecule has 0 radical (unpaired) electrons. The second-order valence-electron chi connectivity index (χ2n) is 5.16. The molecule has 0 aromatic heterocycles. The predicted octanol–water partition coefficient (Wildman–Crippen LogP) is 4.06. The van der Waals surface area contributed by atoms with E-state index >= 15 is 0 Å². The normalized spacial score (nSPS) is 10.4. The zero-order valence-corrected chi connectivity index (χ0v) is 14.6. The summed E-state index contributed by atoms with van der Waals surface area (Å²) in [6.45, 7) is 3.49. The molecule has 0 heterocycles. The number of nitrogens with one attached hydrogen (secondary N) is 1. The van der Waals surface area contributed by atoms with Gasteiger partial charge in [0.25, 0.3) is 5.91 Å². The molecule has 0 aliphatic rings. The number of hydrogen-bond donors (Lipinski definition) is 1. The Bertz CT molecular complexity index is 803. The molecule has 9 heteroatoms. The zero-order chi connectivity index (χ0) is 20.0. The molecule has 2 aromatic rings. The van der Waals surface area contributed by atoms with E-state index in [1.807, 2.05) is 0 Å². The molecule has 0 spiro atoms. The molecule has 0 aliphatic carbocycles. The van der Waals surface area contributed by atoms with E-state index < -0.39 is 41.5 Å². The van der Waals surface area contributed by atoms with Gasteiger partial charge in [-0.25, -0.2) is 8.78 Å². The highest BCUT2D eigenvalue weighted by Crippen LogP contribution is 2.31. The second-order valence-corrected chi connectivity index (χ2v) is 5.16. The Hall–Kier alpha value is -2.97. The first-order chi connectivity index (χ1) is 12.9. The van der Waals surface area contributed by atoms with E-state index in [1.165, 1.54) is 12.1 Å². The SMILES string of the molecule is CCOc1ccc(NC(=O)COc2c(F)c(F)cc(F)c2F)cc1OCC. The average molecular weight is 387 g/mol. The lowest BCUT2D eigenvalue weighted by Gasteiger charge is -2.13. The van der Waals surface area contributed by atoms with E-state index in [4.69, 9.17) is 9.47 Å². The molecule has 0 saturated heterocycles. The standard InChI is InChI=1S/C18H17F4NO4/c1-3-25-13-6-5-10(7-14(13)26-4-2)23-15(24)9-27-18-16(21)11(19)8-12(20)17(18)22/h5-8H,3-4,9H2,1-2H3,(H,23,24). The number of amides is 1. The van der Waals surface area contributed by atoms with Crippen LogP contribution in [0.5, 0.6) is 17.2 Å².